The molecule has 0 bridgehead atoms. The number of imidazole rings is 1. The van der Waals surface area contributed by atoms with Gasteiger partial charge in [0.25, 0.3) is 0 Å². The molecule has 0 radical (unpaired) electrons. The Balaban J connectivity index is 0.00000161. The molecule has 6 heteroatoms. The first-order valence-electron chi connectivity index (χ1n) is 6.00. The van der Waals surface area contributed by atoms with E-state index < -0.39 is 0 Å². The number of ether oxygens (including phenoxy) is 1. The second-order valence-corrected chi connectivity index (χ2v) is 5.22. The number of fused-ring (bicyclic) bond motifs is 1. The number of benzene rings is 1. The van der Waals surface area contributed by atoms with E-state index in [1.165, 1.54) is 7.11 Å². The average molecular weight is 412 g/mol. The van der Waals surface area contributed by atoms with Gasteiger partial charge in [0.1, 0.15) is 5.65 Å². The molecule has 3 rings (SSSR count). The minimum atomic E-state index is -0.360. The molecule has 0 aliphatic carbocycles. The van der Waals surface area contributed by atoms with E-state index in [4.69, 9.17) is 4.74 Å². The van der Waals surface area contributed by atoms with E-state index in [-0.39, 0.29) is 23.0 Å². The van der Waals surface area contributed by atoms with Crippen LogP contribution in [0.2, 0.25) is 0 Å². The number of hydrogen-bond acceptors (Lipinski definition) is 3. The zero-order chi connectivity index (χ0) is 14.1. The number of hydrogen-bond donors (Lipinski definition) is 0. The first kappa shape index (κ1) is 15.7. The summed E-state index contributed by atoms with van der Waals surface area (Å²) in [6, 6.07) is 11.4. The van der Waals surface area contributed by atoms with Crippen molar-refractivity contribution in [3.63, 3.8) is 0 Å². The number of esters is 1. The molecule has 108 valence electrons. The van der Waals surface area contributed by atoms with Crippen molar-refractivity contribution in [2.24, 2.45) is 0 Å². The summed E-state index contributed by atoms with van der Waals surface area (Å²) in [5.74, 6) is -0.360. The molecule has 4 nitrogen and oxygen atoms in total. The van der Waals surface area contributed by atoms with Crippen LogP contribution in [0.25, 0.3) is 16.9 Å². The third kappa shape index (κ3) is 3.16. The molecule has 0 spiro atoms. The first-order valence-corrected chi connectivity index (χ1v) is 6.80. The summed E-state index contributed by atoms with van der Waals surface area (Å²) < 4.78 is 7.61. The summed E-state index contributed by atoms with van der Waals surface area (Å²) in [5, 5.41) is 0. The van der Waals surface area contributed by atoms with Crippen molar-refractivity contribution in [2.45, 2.75) is 0 Å². The van der Waals surface area contributed by atoms with Crippen LogP contribution in [-0.2, 0) is 4.74 Å². The highest BCUT2D eigenvalue weighted by Gasteiger charge is 2.09. The SMILES string of the molecule is Br.COC(=O)c1ccn2cc(-c3ccc(Br)cc3)nc2c1. The lowest BCUT2D eigenvalue weighted by Gasteiger charge is -1.98. The fraction of sp³-hybridized carbons (Fsp3) is 0.0667. The van der Waals surface area contributed by atoms with E-state index in [2.05, 4.69) is 20.9 Å². The Hall–Kier alpha value is -1.66. The molecule has 2 heterocycles. The highest BCUT2D eigenvalue weighted by atomic mass is 79.9. The van der Waals surface area contributed by atoms with Gasteiger partial charge in [0.2, 0.25) is 0 Å². The molecule has 2 aromatic heterocycles. The van der Waals surface area contributed by atoms with Gasteiger partial charge in [-0.05, 0) is 24.3 Å². The number of carbonyl (C=O) groups excluding carboxylic acids is 1. The Labute approximate surface area is 140 Å². The van der Waals surface area contributed by atoms with Crippen LogP contribution < -0.4 is 0 Å². The number of methoxy groups -OCH3 is 1. The van der Waals surface area contributed by atoms with E-state index in [1.54, 1.807) is 18.3 Å². The number of halogens is 2. The van der Waals surface area contributed by atoms with Crippen molar-refractivity contribution in [1.82, 2.24) is 9.38 Å². The van der Waals surface area contributed by atoms with Crippen LogP contribution in [0.1, 0.15) is 10.4 Å². The molecule has 0 saturated heterocycles. The van der Waals surface area contributed by atoms with Gasteiger partial charge in [-0.15, -0.1) is 17.0 Å². The van der Waals surface area contributed by atoms with Crippen LogP contribution in [0.3, 0.4) is 0 Å². The normalized spacial score (nSPS) is 10.2. The van der Waals surface area contributed by atoms with Crippen molar-refractivity contribution < 1.29 is 9.53 Å². The van der Waals surface area contributed by atoms with Crippen molar-refractivity contribution in [3.8, 4) is 11.3 Å². The first-order chi connectivity index (χ1) is 9.67. The summed E-state index contributed by atoms with van der Waals surface area (Å²) >= 11 is 3.41. The van der Waals surface area contributed by atoms with E-state index in [0.29, 0.717) is 11.2 Å². The Morgan fingerprint density at radius 3 is 2.62 bits per heavy atom. The molecular weight excluding hydrogens is 400 g/mol. The molecule has 0 aliphatic heterocycles. The molecule has 0 unspecified atom stereocenters. The van der Waals surface area contributed by atoms with Crippen molar-refractivity contribution in [3.05, 3.63) is 58.8 Å². The summed E-state index contributed by atoms with van der Waals surface area (Å²) in [6.07, 6.45) is 3.73. The van der Waals surface area contributed by atoms with Gasteiger partial charge in [-0.3, -0.25) is 0 Å². The highest BCUT2D eigenvalue weighted by Crippen LogP contribution is 2.22. The van der Waals surface area contributed by atoms with Gasteiger partial charge < -0.3 is 9.14 Å². The van der Waals surface area contributed by atoms with Crippen molar-refractivity contribution in [1.29, 1.82) is 0 Å². The molecular formula is C15H12Br2N2O2. The minimum Gasteiger partial charge on any atom is -0.465 e. The van der Waals surface area contributed by atoms with Crippen LogP contribution in [0.4, 0.5) is 0 Å². The molecule has 0 aliphatic rings. The molecule has 0 fully saturated rings. The van der Waals surface area contributed by atoms with Crippen LogP contribution >= 0.6 is 32.9 Å². The van der Waals surface area contributed by atoms with E-state index in [9.17, 15) is 4.79 Å². The molecule has 1 aromatic carbocycles. The Bertz CT molecular complexity index is 782. The standard InChI is InChI=1S/C15H11BrN2O2.BrH/c1-20-15(19)11-6-7-18-9-13(17-14(18)8-11)10-2-4-12(16)5-3-10;/h2-9H,1H3;1H. The molecule has 0 saturated carbocycles. The molecule has 0 N–H and O–H groups in total. The second-order valence-electron chi connectivity index (χ2n) is 4.31. The molecule has 21 heavy (non-hydrogen) atoms. The molecule has 0 atom stereocenters. The summed E-state index contributed by atoms with van der Waals surface area (Å²) in [5.41, 5.74) is 3.09. The van der Waals surface area contributed by atoms with Crippen molar-refractivity contribution in [2.75, 3.05) is 7.11 Å². The maximum atomic E-state index is 11.5. The third-order valence-corrected chi connectivity index (χ3v) is 3.55. The van der Waals surface area contributed by atoms with Crippen LogP contribution in [0.15, 0.2) is 53.3 Å². The number of carbonyl (C=O) groups is 1. The number of pyridine rings is 1. The summed E-state index contributed by atoms with van der Waals surface area (Å²) in [7, 11) is 1.37. The lowest BCUT2D eigenvalue weighted by Crippen LogP contribution is -2.01. The van der Waals surface area contributed by atoms with Gasteiger partial charge in [0, 0.05) is 22.4 Å². The fourth-order valence-electron chi connectivity index (χ4n) is 1.99. The Morgan fingerprint density at radius 2 is 1.95 bits per heavy atom. The van der Waals surface area contributed by atoms with Crippen LogP contribution in [0.5, 0.6) is 0 Å². The lowest BCUT2D eigenvalue weighted by molar-refractivity contribution is 0.0600. The largest absolute Gasteiger partial charge is 0.465 e. The number of nitrogens with zero attached hydrogens (tertiary/aromatic N) is 2. The monoisotopic (exact) mass is 410 g/mol. The smallest absolute Gasteiger partial charge is 0.338 e. The second kappa shape index (κ2) is 6.41. The lowest BCUT2D eigenvalue weighted by atomic mass is 10.2. The van der Waals surface area contributed by atoms with Gasteiger partial charge in [-0.1, -0.05) is 28.1 Å². The maximum absolute atomic E-state index is 11.5. The predicted octanol–water partition coefficient (Wildman–Crippen LogP) is 4.13. The Kier molecular flexibility index (Phi) is 4.80. The van der Waals surface area contributed by atoms with Crippen molar-refractivity contribution >= 4 is 44.5 Å². The predicted molar refractivity (Wildman–Crippen MR) is 90.0 cm³/mol. The number of aromatic nitrogens is 2. The van der Waals surface area contributed by atoms with Crippen LogP contribution in [-0.4, -0.2) is 22.5 Å². The summed E-state index contributed by atoms with van der Waals surface area (Å²) in [6.45, 7) is 0. The zero-order valence-electron chi connectivity index (χ0n) is 11.1. The average Bonchev–Trinajstić information content (AvgIpc) is 2.90. The Morgan fingerprint density at radius 1 is 1.24 bits per heavy atom. The number of rotatable bonds is 2. The van der Waals surface area contributed by atoms with Crippen LogP contribution in [0, 0.1) is 0 Å². The van der Waals surface area contributed by atoms with Gasteiger partial charge in [-0.2, -0.15) is 0 Å². The minimum absolute atomic E-state index is 0. The van der Waals surface area contributed by atoms with E-state index in [1.807, 2.05) is 34.9 Å². The molecule has 0 amide bonds. The van der Waals surface area contributed by atoms with E-state index in [0.717, 1.165) is 15.7 Å². The van der Waals surface area contributed by atoms with Gasteiger partial charge in [0.05, 0.1) is 18.4 Å². The highest BCUT2D eigenvalue weighted by molar-refractivity contribution is 9.10. The van der Waals surface area contributed by atoms with Gasteiger partial charge >= 0.3 is 5.97 Å². The summed E-state index contributed by atoms with van der Waals surface area (Å²) in [4.78, 5) is 16.0. The quantitative estimate of drug-likeness (QED) is 0.595. The fourth-order valence-corrected chi connectivity index (χ4v) is 2.25. The van der Waals surface area contributed by atoms with E-state index >= 15 is 0 Å². The van der Waals surface area contributed by atoms with Gasteiger partial charge in [-0.25, -0.2) is 9.78 Å². The topological polar surface area (TPSA) is 43.6 Å². The molecule has 3 aromatic rings. The maximum Gasteiger partial charge on any atom is 0.338 e. The third-order valence-electron chi connectivity index (χ3n) is 3.02. The zero-order valence-corrected chi connectivity index (χ0v) is 14.4. The van der Waals surface area contributed by atoms with Gasteiger partial charge in [0.15, 0.2) is 0 Å².